The van der Waals surface area contributed by atoms with E-state index in [1.165, 1.54) is 16.4 Å². The molecule has 2 rings (SSSR count). The first kappa shape index (κ1) is 19.2. The van der Waals surface area contributed by atoms with Crippen molar-refractivity contribution in [1.29, 1.82) is 0 Å². The zero-order valence-electron chi connectivity index (χ0n) is 13.9. The second-order valence-corrected chi connectivity index (χ2v) is 7.96. The summed E-state index contributed by atoms with van der Waals surface area (Å²) in [7, 11) is -3.75. The summed E-state index contributed by atoms with van der Waals surface area (Å²) in [5, 5.41) is 3.01. The quantitative estimate of drug-likeness (QED) is 0.828. The molecule has 6 nitrogen and oxygen atoms in total. The lowest BCUT2D eigenvalue weighted by molar-refractivity contribution is 0.0730. The van der Waals surface area contributed by atoms with Gasteiger partial charge in [-0.05, 0) is 31.0 Å². The van der Waals surface area contributed by atoms with E-state index in [9.17, 15) is 13.2 Å². The van der Waals surface area contributed by atoms with Crippen LogP contribution in [0, 0.1) is 0 Å². The van der Waals surface area contributed by atoms with Crippen molar-refractivity contribution in [2.75, 3.05) is 26.3 Å². The number of ether oxygens (including phenoxy) is 1. The van der Waals surface area contributed by atoms with Crippen LogP contribution in [0.1, 0.15) is 37.0 Å². The van der Waals surface area contributed by atoms with Crippen molar-refractivity contribution in [2.24, 2.45) is 0 Å². The molecule has 0 unspecified atom stereocenters. The van der Waals surface area contributed by atoms with E-state index in [0.29, 0.717) is 13.2 Å². The predicted octanol–water partition coefficient (Wildman–Crippen LogP) is 2.28. The van der Waals surface area contributed by atoms with E-state index in [2.05, 4.69) is 5.32 Å². The van der Waals surface area contributed by atoms with Crippen molar-refractivity contribution in [2.45, 2.75) is 37.6 Å². The summed E-state index contributed by atoms with van der Waals surface area (Å²) < 4.78 is 32.1. The smallest absolute Gasteiger partial charge is 0.251 e. The molecule has 1 fully saturated rings. The molecule has 1 aromatic rings. The molecule has 24 heavy (non-hydrogen) atoms. The van der Waals surface area contributed by atoms with Gasteiger partial charge < -0.3 is 10.1 Å². The molecule has 1 heterocycles. The zero-order valence-corrected chi connectivity index (χ0v) is 15.5. The highest BCUT2D eigenvalue weighted by Gasteiger charge is 2.29. The van der Waals surface area contributed by atoms with Gasteiger partial charge in [-0.2, -0.15) is 4.31 Å². The van der Waals surface area contributed by atoms with E-state index >= 15 is 0 Å². The van der Waals surface area contributed by atoms with Crippen molar-refractivity contribution in [3.63, 3.8) is 0 Å². The van der Waals surface area contributed by atoms with Gasteiger partial charge in [-0.1, -0.05) is 25.4 Å². The molecule has 1 saturated heterocycles. The van der Waals surface area contributed by atoms with Gasteiger partial charge in [0.1, 0.15) is 4.90 Å². The number of carbonyl (C=O) groups excluding carboxylic acids is 1. The normalized spacial score (nSPS) is 16.3. The van der Waals surface area contributed by atoms with Crippen LogP contribution in [-0.2, 0) is 14.8 Å². The number of hydrogen-bond donors (Lipinski definition) is 1. The third-order valence-corrected chi connectivity index (χ3v) is 6.48. The van der Waals surface area contributed by atoms with Gasteiger partial charge in [-0.3, -0.25) is 4.79 Å². The van der Waals surface area contributed by atoms with Crippen LogP contribution < -0.4 is 5.32 Å². The van der Waals surface area contributed by atoms with Crippen molar-refractivity contribution < 1.29 is 17.9 Å². The maximum atomic E-state index is 12.8. The summed E-state index contributed by atoms with van der Waals surface area (Å²) in [6, 6.07) is 4.41. The van der Waals surface area contributed by atoms with Gasteiger partial charge in [0.25, 0.3) is 5.91 Å². The minimum atomic E-state index is -3.75. The van der Waals surface area contributed by atoms with Gasteiger partial charge >= 0.3 is 0 Å². The topological polar surface area (TPSA) is 75.7 Å². The van der Waals surface area contributed by atoms with E-state index in [1.807, 2.05) is 13.8 Å². The van der Waals surface area contributed by atoms with Crippen LogP contribution in [0.5, 0.6) is 0 Å². The standard InChI is InChI=1S/C16H23ClN2O4S/c1-3-13(4-2)18-16(20)12-5-6-14(17)15(11-12)24(21,22)19-7-9-23-10-8-19/h5-6,11,13H,3-4,7-10H2,1-2H3,(H,18,20). The Kier molecular flexibility index (Phi) is 6.62. The van der Waals surface area contributed by atoms with Crippen LogP contribution in [0.3, 0.4) is 0 Å². The third kappa shape index (κ3) is 4.27. The molecule has 0 atom stereocenters. The number of nitrogens with one attached hydrogen (secondary N) is 1. The molecular formula is C16H23ClN2O4S. The Morgan fingerprint density at radius 3 is 2.50 bits per heavy atom. The number of carbonyl (C=O) groups is 1. The first-order valence-corrected chi connectivity index (χ1v) is 9.90. The average Bonchev–Trinajstić information content (AvgIpc) is 2.60. The largest absolute Gasteiger partial charge is 0.379 e. The van der Waals surface area contributed by atoms with Crippen molar-refractivity contribution in [3.8, 4) is 0 Å². The van der Waals surface area contributed by atoms with Gasteiger partial charge in [0.15, 0.2) is 0 Å². The van der Waals surface area contributed by atoms with Gasteiger partial charge in [-0.25, -0.2) is 8.42 Å². The summed E-state index contributed by atoms with van der Waals surface area (Å²) >= 11 is 6.10. The molecule has 0 bridgehead atoms. The van der Waals surface area contributed by atoms with Gasteiger partial charge in [-0.15, -0.1) is 0 Å². The van der Waals surface area contributed by atoms with Crippen LogP contribution in [-0.4, -0.2) is 51.0 Å². The highest BCUT2D eigenvalue weighted by molar-refractivity contribution is 7.89. The molecule has 0 aliphatic carbocycles. The number of halogens is 1. The number of hydrogen-bond acceptors (Lipinski definition) is 4. The SMILES string of the molecule is CCC(CC)NC(=O)c1ccc(Cl)c(S(=O)(=O)N2CCOCC2)c1. The molecule has 134 valence electrons. The number of morpholine rings is 1. The molecular weight excluding hydrogens is 352 g/mol. The van der Waals surface area contributed by atoms with Crippen LogP contribution in [0.15, 0.2) is 23.1 Å². The maximum absolute atomic E-state index is 12.8. The molecule has 1 aromatic carbocycles. The first-order chi connectivity index (χ1) is 11.4. The Hall–Kier alpha value is -1.15. The molecule has 1 aliphatic rings. The summed E-state index contributed by atoms with van der Waals surface area (Å²) in [5.74, 6) is -0.293. The molecule has 1 N–H and O–H groups in total. The highest BCUT2D eigenvalue weighted by Crippen LogP contribution is 2.26. The monoisotopic (exact) mass is 374 g/mol. The lowest BCUT2D eigenvalue weighted by Crippen LogP contribution is -2.40. The van der Waals surface area contributed by atoms with Crippen LogP contribution in [0.4, 0.5) is 0 Å². The molecule has 0 radical (unpaired) electrons. The Labute approximate surface area is 148 Å². The fourth-order valence-corrected chi connectivity index (χ4v) is 4.44. The molecule has 0 spiro atoms. The van der Waals surface area contributed by atoms with Gasteiger partial charge in [0, 0.05) is 24.7 Å². The van der Waals surface area contributed by atoms with E-state index in [4.69, 9.17) is 16.3 Å². The van der Waals surface area contributed by atoms with Crippen molar-refractivity contribution in [1.82, 2.24) is 9.62 Å². The first-order valence-electron chi connectivity index (χ1n) is 8.08. The van der Waals surface area contributed by atoms with Crippen molar-refractivity contribution >= 4 is 27.5 Å². The minimum absolute atomic E-state index is 0.0386. The fraction of sp³-hybridized carbons (Fsp3) is 0.562. The lowest BCUT2D eigenvalue weighted by atomic mass is 10.1. The number of amides is 1. The Bertz CT molecular complexity index is 683. The second-order valence-electron chi connectivity index (χ2n) is 5.65. The van der Waals surface area contributed by atoms with Crippen LogP contribution >= 0.6 is 11.6 Å². The van der Waals surface area contributed by atoms with E-state index in [0.717, 1.165) is 12.8 Å². The number of benzene rings is 1. The Balaban J connectivity index is 2.29. The third-order valence-electron chi connectivity index (χ3n) is 4.10. The summed E-state index contributed by atoms with van der Waals surface area (Å²) in [4.78, 5) is 12.3. The minimum Gasteiger partial charge on any atom is -0.379 e. The number of sulfonamides is 1. The number of nitrogens with zero attached hydrogens (tertiary/aromatic N) is 1. The molecule has 0 saturated carbocycles. The second kappa shape index (κ2) is 8.29. The van der Waals surface area contributed by atoms with E-state index in [1.54, 1.807) is 6.07 Å². The van der Waals surface area contributed by atoms with Crippen LogP contribution in [0.2, 0.25) is 5.02 Å². The lowest BCUT2D eigenvalue weighted by Gasteiger charge is -2.26. The van der Waals surface area contributed by atoms with E-state index < -0.39 is 10.0 Å². The van der Waals surface area contributed by atoms with Gasteiger partial charge in [0.05, 0.1) is 18.2 Å². The molecule has 1 aliphatic heterocycles. The predicted molar refractivity (Wildman–Crippen MR) is 92.9 cm³/mol. The zero-order chi connectivity index (χ0) is 17.7. The Morgan fingerprint density at radius 2 is 1.92 bits per heavy atom. The average molecular weight is 375 g/mol. The molecule has 0 aromatic heterocycles. The summed E-state index contributed by atoms with van der Waals surface area (Å²) in [5.41, 5.74) is 0.290. The molecule has 1 amide bonds. The summed E-state index contributed by atoms with van der Waals surface area (Å²) in [6.07, 6.45) is 1.63. The van der Waals surface area contributed by atoms with E-state index in [-0.39, 0.29) is 40.5 Å². The fourth-order valence-electron chi connectivity index (χ4n) is 2.53. The van der Waals surface area contributed by atoms with Gasteiger partial charge in [0.2, 0.25) is 10.0 Å². The highest BCUT2D eigenvalue weighted by atomic mass is 35.5. The van der Waals surface area contributed by atoms with Crippen molar-refractivity contribution in [3.05, 3.63) is 28.8 Å². The maximum Gasteiger partial charge on any atom is 0.251 e. The Morgan fingerprint density at radius 1 is 1.29 bits per heavy atom. The summed E-state index contributed by atoms with van der Waals surface area (Å²) in [6.45, 7) is 5.25. The molecule has 8 heteroatoms. The number of rotatable bonds is 6. The van der Waals surface area contributed by atoms with Crippen LogP contribution in [0.25, 0.3) is 0 Å².